The summed E-state index contributed by atoms with van der Waals surface area (Å²) in [6.07, 6.45) is 1.93. The molecular weight excluding hydrogens is 490 g/mol. The number of esters is 1. The molecule has 0 bridgehead atoms. The second kappa shape index (κ2) is 11.6. The van der Waals surface area contributed by atoms with Crippen LogP contribution in [-0.4, -0.2) is 22.0 Å². The molecule has 0 saturated carbocycles. The van der Waals surface area contributed by atoms with Crippen LogP contribution in [0.2, 0.25) is 0 Å². The van der Waals surface area contributed by atoms with E-state index in [1.807, 2.05) is 30.3 Å². The Kier molecular flexibility index (Phi) is 8.07. The van der Waals surface area contributed by atoms with E-state index in [1.165, 1.54) is 10.6 Å². The summed E-state index contributed by atoms with van der Waals surface area (Å²) >= 11 is 0. The molecule has 1 heterocycles. The minimum absolute atomic E-state index is 0.307. The van der Waals surface area contributed by atoms with Crippen LogP contribution in [0.4, 0.5) is 11.4 Å². The average molecular weight is 520 g/mol. The van der Waals surface area contributed by atoms with Crippen molar-refractivity contribution in [2.75, 3.05) is 5.32 Å². The highest BCUT2D eigenvalue weighted by molar-refractivity contribution is 5.95. The van der Waals surface area contributed by atoms with Crippen LogP contribution < -0.4 is 10.9 Å². The van der Waals surface area contributed by atoms with Gasteiger partial charge in [0.1, 0.15) is 11.6 Å². The summed E-state index contributed by atoms with van der Waals surface area (Å²) in [6.45, 7) is 12.5. The van der Waals surface area contributed by atoms with Crippen molar-refractivity contribution in [1.82, 2.24) is 4.57 Å². The molecule has 4 rings (SSSR count). The number of carbonyl (C=O) groups excluding carboxylic acids is 2. The van der Waals surface area contributed by atoms with Gasteiger partial charge in [0.05, 0.1) is 12.1 Å². The molecule has 7 heteroatoms. The number of hydrogen-bond donors (Lipinski definition) is 1. The standard InChI is InChI=1S/C32H29N3O4/c1-32(2,3)39-31(38)24-12-16-27(17-13-24)34-30(37)28(20-22-8-6-5-7-9-22)35-19-18-25(21-29(35)36)23-10-14-26(33-4)15-11-23/h5-19,21,28H,20H2,1-3H3,(H,34,37). The molecular formula is C32H29N3O4. The van der Waals surface area contributed by atoms with Crippen molar-refractivity contribution in [3.63, 3.8) is 0 Å². The monoisotopic (exact) mass is 519 g/mol. The van der Waals surface area contributed by atoms with Crippen molar-refractivity contribution in [3.8, 4) is 11.1 Å². The second-order valence-corrected chi connectivity index (χ2v) is 10.1. The summed E-state index contributed by atoms with van der Waals surface area (Å²) in [5, 5.41) is 2.88. The molecule has 0 fully saturated rings. The van der Waals surface area contributed by atoms with E-state index in [2.05, 4.69) is 10.2 Å². The van der Waals surface area contributed by atoms with E-state index in [4.69, 9.17) is 11.3 Å². The lowest BCUT2D eigenvalue weighted by Gasteiger charge is -2.21. The first-order valence-electron chi connectivity index (χ1n) is 12.5. The lowest BCUT2D eigenvalue weighted by Crippen LogP contribution is -2.34. The molecule has 4 aromatic rings. The van der Waals surface area contributed by atoms with Crippen LogP contribution in [0.25, 0.3) is 16.0 Å². The number of anilines is 1. The summed E-state index contributed by atoms with van der Waals surface area (Å²) in [4.78, 5) is 42.5. The Bertz CT molecular complexity index is 1560. The highest BCUT2D eigenvalue weighted by atomic mass is 16.6. The molecule has 0 aliphatic heterocycles. The summed E-state index contributed by atoms with van der Waals surface area (Å²) in [6, 6.07) is 25.4. The number of pyridine rings is 1. The Morgan fingerprint density at radius 1 is 0.923 bits per heavy atom. The van der Waals surface area contributed by atoms with Crippen LogP contribution in [0.3, 0.4) is 0 Å². The van der Waals surface area contributed by atoms with Gasteiger partial charge in [-0.15, -0.1) is 0 Å². The first kappa shape index (κ1) is 27.1. The van der Waals surface area contributed by atoms with Crippen LogP contribution in [0.1, 0.15) is 42.7 Å². The maximum absolute atomic E-state index is 13.5. The van der Waals surface area contributed by atoms with E-state index < -0.39 is 17.6 Å². The van der Waals surface area contributed by atoms with Gasteiger partial charge >= 0.3 is 5.97 Å². The van der Waals surface area contributed by atoms with Crippen LogP contribution in [-0.2, 0) is 16.0 Å². The van der Waals surface area contributed by atoms with Crippen molar-refractivity contribution >= 4 is 23.3 Å². The van der Waals surface area contributed by atoms with Crippen molar-refractivity contribution in [2.45, 2.75) is 38.8 Å². The summed E-state index contributed by atoms with van der Waals surface area (Å²) in [5.74, 6) is -0.808. The maximum Gasteiger partial charge on any atom is 0.338 e. The van der Waals surface area contributed by atoms with Gasteiger partial charge in [-0.3, -0.25) is 9.59 Å². The Morgan fingerprint density at radius 3 is 2.18 bits per heavy atom. The molecule has 1 atom stereocenters. The van der Waals surface area contributed by atoms with Crippen LogP contribution in [0.5, 0.6) is 0 Å². The minimum Gasteiger partial charge on any atom is -0.456 e. The zero-order chi connectivity index (χ0) is 28.0. The van der Waals surface area contributed by atoms with Gasteiger partial charge in [0.2, 0.25) is 5.91 Å². The van der Waals surface area contributed by atoms with Gasteiger partial charge in [-0.05, 0) is 67.8 Å². The third-order valence-corrected chi connectivity index (χ3v) is 5.98. The number of ether oxygens (including phenoxy) is 1. The highest BCUT2D eigenvalue weighted by Crippen LogP contribution is 2.23. The fraction of sp³-hybridized carbons (Fsp3) is 0.188. The van der Waals surface area contributed by atoms with Gasteiger partial charge in [0.25, 0.3) is 5.56 Å². The van der Waals surface area contributed by atoms with Crippen LogP contribution >= 0.6 is 0 Å². The van der Waals surface area contributed by atoms with Gasteiger partial charge in [0.15, 0.2) is 5.69 Å². The highest BCUT2D eigenvalue weighted by Gasteiger charge is 2.23. The molecule has 0 saturated heterocycles. The summed E-state index contributed by atoms with van der Waals surface area (Å²) in [7, 11) is 0. The third kappa shape index (κ3) is 7.08. The Hall–Kier alpha value is -4.96. The van der Waals surface area contributed by atoms with Crippen molar-refractivity contribution in [3.05, 3.63) is 130 Å². The molecule has 0 aliphatic carbocycles. The number of benzene rings is 3. The molecule has 3 aromatic carbocycles. The normalized spacial score (nSPS) is 11.7. The lowest BCUT2D eigenvalue weighted by molar-refractivity contribution is -0.119. The molecule has 1 unspecified atom stereocenters. The van der Waals surface area contributed by atoms with E-state index in [0.29, 0.717) is 28.9 Å². The first-order chi connectivity index (χ1) is 18.6. The first-order valence-corrected chi connectivity index (χ1v) is 12.5. The van der Waals surface area contributed by atoms with E-state index in [-0.39, 0.29) is 11.5 Å². The molecule has 1 N–H and O–H groups in total. The molecule has 0 radical (unpaired) electrons. The lowest BCUT2D eigenvalue weighted by atomic mass is 10.0. The zero-order valence-electron chi connectivity index (χ0n) is 22.0. The van der Waals surface area contributed by atoms with E-state index >= 15 is 0 Å². The zero-order valence-corrected chi connectivity index (χ0v) is 22.0. The number of nitrogens with one attached hydrogen (secondary N) is 1. The molecule has 1 amide bonds. The van der Waals surface area contributed by atoms with Crippen LogP contribution in [0.15, 0.2) is 102 Å². The predicted molar refractivity (Wildman–Crippen MR) is 152 cm³/mol. The van der Waals surface area contributed by atoms with Gasteiger partial charge in [-0.25, -0.2) is 9.64 Å². The fourth-order valence-electron chi connectivity index (χ4n) is 4.06. The minimum atomic E-state index is -0.816. The van der Waals surface area contributed by atoms with Crippen molar-refractivity contribution in [1.29, 1.82) is 0 Å². The van der Waals surface area contributed by atoms with Crippen molar-refractivity contribution in [2.24, 2.45) is 0 Å². The van der Waals surface area contributed by atoms with Gasteiger partial charge < -0.3 is 14.6 Å². The van der Waals surface area contributed by atoms with Gasteiger partial charge in [0, 0.05) is 24.4 Å². The predicted octanol–water partition coefficient (Wildman–Crippen LogP) is 6.44. The summed E-state index contributed by atoms with van der Waals surface area (Å²) < 4.78 is 6.82. The SMILES string of the molecule is [C-]#[N+]c1ccc(-c2ccn(C(Cc3ccccc3)C(=O)Nc3ccc(C(=O)OC(C)(C)C)cc3)c(=O)c2)cc1. The van der Waals surface area contributed by atoms with E-state index in [0.717, 1.165) is 11.1 Å². The second-order valence-electron chi connectivity index (χ2n) is 10.1. The molecule has 0 spiro atoms. The topological polar surface area (TPSA) is 81.8 Å². The van der Waals surface area contributed by atoms with Gasteiger partial charge in [-0.1, -0.05) is 54.6 Å². The van der Waals surface area contributed by atoms with Crippen molar-refractivity contribution < 1.29 is 14.3 Å². The summed E-state index contributed by atoms with van der Waals surface area (Å²) in [5.41, 5.74) is 2.87. The largest absolute Gasteiger partial charge is 0.456 e. The van der Waals surface area contributed by atoms with E-state index in [1.54, 1.807) is 81.6 Å². The average Bonchev–Trinajstić information content (AvgIpc) is 2.92. The fourth-order valence-corrected chi connectivity index (χ4v) is 4.06. The molecule has 1 aromatic heterocycles. The quantitative estimate of drug-likeness (QED) is 0.225. The number of hydrogen-bond acceptors (Lipinski definition) is 4. The number of amides is 1. The molecule has 7 nitrogen and oxygen atoms in total. The number of nitrogens with zero attached hydrogens (tertiary/aromatic N) is 2. The Labute approximate surface area is 227 Å². The van der Waals surface area contributed by atoms with Crippen LogP contribution in [0, 0.1) is 6.57 Å². The number of carbonyl (C=O) groups is 2. The number of aromatic nitrogens is 1. The third-order valence-electron chi connectivity index (χ3n) is 5.98. The molecule has 0 aliphatic rings. The maximum atomic E-state index is 13.5. The number of rotatable bonds is 7. The molecule has 196 valence electrons. The Morgan fingerprint density at radius 2 is 1.59 bits per heavy atom. The Balaban J connectivity index is 1.59. The smallest absolute Gasteiger partial charge is 0.338 e. The van der Waals surface area contributed by atoms with E-state index in [9.17, 15) is 14.4 Å². The molecule has 39 heavy (non-hydrogen) atoms. The van der Waals surface area contributed by atoms with Gasteiger partial charge in [-0.2, -0.15) is 0 Å².